The van der Waals surface area contributed by atoms with Crippen LogP contribution in [0.25, 0.3) is 10.8 Å². The summed E-state index contributed by atoms with van der Waals surface area (Å²) in [6.45, 7) is 13.1. The Bertz CT molecular complexity index is 1290. The van der Waals surface area contributed by atoms with E-state index in [0.717, 1.165) is 67.8 Å². The molecule has 1 heterocycles. The quantitative estimate of drug-likeness (QED) is 0.181. The molecule has 0 saturated heterocycles. The van der Waals surface area contributed by atoms with Crippen molar-refractivity contribution in [2.45, 2.75) is 97.6 Å². The molecule has 220 valence electrons. The molecule has 2 aromatic rings. The molecule has 0 bridgehead atoms. The van der Waals surface area contributed by atoms with Crippen molar-refractivity contribution in [2.75, 3.05) is 18.1 Å². The third-order valence-corrected chi connectivity index (χ3v) is 10.1. The predicted molar refractivity (Wildman–Crippen MR) is 164 cm³/mol. The molecule has 2 amide bonds. The first kappa shape index (κ1) is 29.3. The number of anilines is 1. The zero-order valence-electron chi connectivity index (χ0n) is 25.3. The maximum atomic E-state index is 14.0. The van der Waals surface area contributed by atoms with Crippen molar-refractivity contribution in [2.24, 2.45) is 17.8 Å². The highest BCUT2D eigenvalue weighted by atomic mass is 16.5. The number of hydrogen-bond acceptors (Lipinski definition) is 5. The van der Waals surface area contributed by atoms with Crippen molar-refractivity contribution in [3.05, 3.63) is 53.6 Å². The van der Waals surface area contributed by atoms with Crippen molar-refractivity contribution in [3.63, 3.8) is 0 Å². The van der Waals surface area contributed by atoms with Crippen LogP contribution in [0, 0.1) is 17.8 Å². The van der Waals surface area contributed by atoms with Gasteiger partial charge in [-0.3, -0.25) is 14.5 Å². The highest BCUT2D eigenvalue weighted by molar-refractivity contribution is 6.27. The molecule has 2 saturated carbocycles. The number of hydrogen-bond donors (Lipinski definition) is 0. The minimum atomic E-state index is -0.380. The van der Waals surface area contributed by atoms with Crippen molar-refractivity contribution in [1.29, 1.82) is 0 Å². The largest absolute Gasteiger partial charge is 0.460 e. The number of carbonyl (C=O) groups excluding carboxylic acids is 3. The number of imide groups is 1. The molecule has 2 fully saturated rings. The van der Waals surface area contributed by atoms with Crippen LogP contribution >= 0.6 is 0 Å². The summed E-state index contributed by atoms with van der Waals surface area (Å²) < 4.78 is 5.49. The maximum absolute atomic E-state index is 14.0. The van der Waals surface area contributed by atoms with Crippen molar-refractivity contribution < 1.29 is 19.1 Å². The number of rotatable bonds is 9. The van der Waals surface area contributed by atoms with E-state index in [1.807, 2.05) is 30.3 Å². The van der Waals surface area contributed by atoms with Gasteiger partial charge in [-0.05, 0) is 81.4 Å². The molecule has 2 aliphatic carbocycles. The van der Waals surface area contributed by atoms with E-state index in [9.17, 15) is 14.4 Å². The summed E-state index contributed by atoms with van der Waals surface area (Å²) >= 11 is 0. The lowest BCUT2D eigenvalue weighted by molar-refractivity contribution is -0.138. The number of carbonyl (C=O) groups is 3. The Labute approximate surface area is 245 Å². The zero-order chi connectivity index (χ0) is 29.3. The highest BCUT2D eigenvalue weighted by Gasteiger charge is 2.40. The Morgan fingerprint density at radius 2 is 1.61 bits per heavy atom. The lowest BCUT2D eigenvalue weighted by atomic mass is 9.74. The highest BCUT2D eigenvalue weighted by Crippen LogP contribution is 2.41. The van der Waals surface area contributed by atoms with E-state index < -0.39 is 0 Å². The first-order valence-electron chi connectivity index (χ1n) is 15.7. The van der Waals surface area contributed by atoms with Crippen LogP contribution in [0.15, 0.2) is 42.5 Å². The van der Waals surface area contributed by atoms with Gasteiger partial charge in [-0.25, -0.2) is 4.79 Å². The number of amides is 2. The average molecular weight is 559 g/mol. The summed E-state index contributed by atoms with van der Waals surface area (Å²) in [5, 5.41) is 1.69. The lowest BCUT2D eigenvalue weighted by Crippen LogP contribution is -2.48. The molecule has 1 unspecified atom stereocenters. The Hall–Kier alpha value is -3.15. The molecule has 5 rings (SSSR count). The number of benzene rings is 2. The third-order valence-electron chi connectivity index (χ3n) is 10.1. The summed E-state index contributed by atoms with van der Waals surface area (Å²) in [5.74, 6) is 1.23. The number of nitrogens with zero attached hydrogens (tertiary/aromatic N) is 2. The van der Waals surface area contributed by atoms with E-state index in [2.05, 4.69) is 32.3 Å². The summed E-state index contributed by atoms with van der Waals surface area (Å²) in [6, 6.07) is 10.1. The van der Waals surface area contributed by atoms with Gasteiger partial charge < -0.3 is 9.64 Å². The van der Waals surface area contributed by atoms with Gasteiger partial charge in [0.05, 0.1) is 6.54 Å². The smallest absolute Gasteiger partial charge is 0.333 e. The van der Waals surface area contributed by atoms with Crippen LogP contribution in [0.3, 0.4) is 0 Å². The monoisotopic (exact) mass is 558 g/mol. The summed E-state index contributed by atoms with van der Waals surface area (Å²) in [5.41, 5.74) is 2.63. The van der Waals surface area contributed by atoms with Crippen LogP contribution in [-0.2, 0) is 9.53 Å². The molecule has 41 heavy (non-hydrogen) atoms. The van der Waals surface area contributed by atoms with E-state index in [0.29, 0.717) is 47.0 Å². The van der Waals surface area contributed by atoms with Crippen LogP contribution in [0.2, 0.25) is 0 Å². The van der Waals surface area contributed by atoms with Crippen LogP contribution in [0.1, 0.15) is 106 Å². The second-order valence-electron chi connectivity index (χ2n) is 12.9. The summed E-state index contributed by atoms with van der Waals surface area (Å²) in [6.07, 6.45) is 9.57. The van der Waals surface area contributed by atoms with Gasteiger partial charge in [-0.2, -0.15) is 0 Å². The predicted octanol–water partition coefficient (Wildman–Crippen LogP) is 7.55. The molecular formula is C35H46N2O4. The number of esters is 1. The van der Waals surface area contributed by atoms with Gasteiger partial charge in [0.15, 0.2) is 0 Å². The van der Waals surface area contributed by atoms with Crippen LogP contribution in [0.5, 0.6) is 0 Å². The van der Waals surface area contributed by atoms with Gasteiger partial charge in [0, 0.05) is 45.2 Å². The molecule has 0 aromatic heterocycles. The Balaban J connectivity index is 1.44. The summed E-state index contributed by atoms with van der Waals surface area (Å²) in [7, 11) is 0. The fourth-order valence-corrected chi connectivity index (χ4v) is 7.36. The van der Waals surface area contributed by atoms with Crippen molar-refractivity contribution >= 4 is 34.2 Å². The molecule has 1 aliphatic heterocycles. The van der Waals surface area contributed by atoms with Gasteiger partial charge in [0.1, 0.15) is 6.61 Å². The molecule has 2 aromatic carbocycles. The molecule has 6 nitrogen and oxygen atoms in total. The van der Waals surface area contributed by atoms with E-state index in [-0.39, 0.29) is 30.4 Å². The summed E-state index contributed by atoms with van der Waals surface area (Å²) in [4.78, 5) is 43.9. The average Bonchev–Trinajstić information content (AvgIpc) is 2.98. The first-order chi connectivity index (χ1) is 19.7. The molecule has 3 aliphatic rings. The molecule has 0 radical (unpaired) electrons. The topological polar surface area (TPSA) is 66.9 Å². The van der Waals surface area contributed by atoms with E-state index in [4.69, 9.17) is 4.74 Å². The van der Waals surface area contributed by atoms with E-state index in [1.165, 1.54) is 6.42 Å². The molecule has 0 N–H and O–H groups in total. The fraction of sp³-hybridized carbons (Fsp3) is 0.571. The number of ether oxygens (including phenoxy) is 1. The van der Waals surface area contributed by atoms with Gasteiger partial charge in [0.25, 0.3) is 11.8 Å². The SMILES string of the molecule is C=C(C)C(=O)OCCN(c1ccc2c3c(cccc13)C(=O)N(C1CCC(C(C)C(C)C)CC1)C2=O)C1CCCCC1. The zero-order valence-corrected chi connectivity index (χ0v) is 25.3. The molecular weight excluding hydrogens is 512 g/mol. The van der Waals surface area contributed by atoms with Gasteiger partial charge >= 0.3 is 5.97 Å². The normalized spacial score (nSPS) is 22.2. The first-order valence-corrected chi connectivity index (χ1v) is 15.7. The van der Waals surface area contributed by atoms with Crippen LogP contribution in [0.4, 0.5) is 5.69 Å². The third kappa shape index (κ3) is 5.80. The molecule has 1 atom stereocenters. The fourth-order valence-electron chi connectivity index (χ4n) is 7.36. The van der Waals surface area contributed by atoms with Crippen molar-refractivity contribution in [3.8, 4) is 0 Å². The van der Waals surface area contributed by atoms with Crippen molar-refractivity contribution in [1.82, 2.24) is 4.90 Å². The molecule has 6 heteroatoms. The lowest BCUT2D eigenvalue weighted by Gasteiger charge is -2.40. The van der Waals surface area contributed by atoms with Gasteiger partial charge in [-0.15, -0.1) is 0 Å². The minimum Gasteiger partial charge on any atom is -0.460 e. The second kappa shape index (κ2) is 12.4. The van der Waals surface area contributed by atoms with E-state index in [1.54, 1.807) is 11.8 Å². The Kier molecular flexibility index (Phi) is 8.86. The van der Waals surface area contributed by atoms with Crippen LogP contribution in [-0.4, -0.2) is 47.9 Å². The minimum absolute atomic E-state index is 0.0459. The van der Waals surface area contributed by atoms with Gasteiger partial charge in [0.2, 0.25) is 0 Å². The maximum Gasteiger partial charge on any atom is 0.333 e. The Morgan fingerprint density at radius 3 is 2.24 bits per heavy atom. The Morgan fingerprint density at radius 1 is 0.951 bits per heavy atom. The van der Waals surface area contributed by atoms with Gasteiger partial charge in [-0.1, -0.05) is 58.7 Å². The second-order valence-corrected chi connectivity index (χ2v) is 12.9. The standard InChI is InChI=1S/C35H46N2O4/c1-22(2)24(5)25-14-16-27(17-15-25)37-33(38)29-13-9-12-28-31(19-18-30(32(28)29)34(37)39)36(26-10-7-6-8-11-26)20-21-41-35(40)23(3)4/h9,12-13,18-19,22,24-27H,3,6-8,10-11,14-17,20-21H2,1-2,4-5H3. The molecule has 0 spiro atoms. The van der Waals surface area contributed by atoms with E-state index >= 15 is 0 Å². The van der Waals surface area contributed by atoms with Crippen LogP contribution < -0.4 is 4.90 Å².